The molecule has 1 aromatic carbocycles. The molecule has 0 fully saturated rings. The lowest BCUT2D eigenvalue weighted by Crippen LogP contribution is -2.18. The first-order valence-electron chi connectivity index (χ1n) is 6.48. The van der Waals surface area contributed by atoms with Crippen LogP contribution in [0, 0.1) is 17.3 Å². The van der Waals surface area contributed by atoms with Gasteiger partial charge in [-0.2, -0.15) is 0 Å². The van der Waals surface area contributed by atoms with Gasteiger partial charge in [-0.15, -0.1) is 0 Å². The molecule has 3 nitrogen and oxygen atoms in total. The minimum absolute atomic E-state index is 0.0800. The van der Waals surface area contributed by atoms with Gasteiger partial charge in [0.25, 0.3) is 0 Å². The molecule has 2 rings (SSSR count). The summed E-state index contributed by atoms with van der Waals surface area (Å²) in [7, 11) is 0. The SMILES string of the molecule is CC(=O)C(C)(C)C#Cc1cccc2c1COCCN2. The van der Waals surface area contributed by atoms with Gasteiger partial charge < -0.3 is 10.1 Å². The van der Waals surface area contributed by atoms with Crippen molar-refractivity contribution in [2.24, 2.45) is 5.41 Å². The number of rotatable bonds is 1. The molecule has 0 saturated heterocycles. The number of nitrogens with one attached hydrogen (secondary N) is 1. The van der Waals surface area contributed by atoms with Gasteiger partial charge in [0.15, 0.2) is 0 Å². The van der Waals surface area contributed by atoms with Gasteiger partial charge in [-0.1, -0.05) is 17.9 Å². The molecule has 100 valence electrons. The van der Waals surface area contributed by atoms with E-state index in [9.17, 15) is 4.79 Å². The molecule has 0 aliphatic carbocycles. The van der Waals surface area contributed by atoms with Crippen LogP contribution in [0.25, 0.3) is 0 Å². The van der Waals surface area contributed by atoms with Crippen LogP contribution in [0.5, 0.6) is 0 Å². The summed E-state index contributed by atoms with van der Waals surface area (Å²) in [6, 6.07) is 5.98. The van der Waals surface area contributed by atoms with Crippen LogP contribution < -0.4 is 5.32 Å². The molecule has 1 aromatic rings. The predicted molar refractivity (Wildman–Crippen MR) is 75.9 cm³/mol. The Morgan fingerprint density at radius 2 is 2.21 bits per heavy atom. The first-order chi connectivity index (χ1) is 9.00. The zero-order valence-electron chi connectivity index (χ0n) is 11.7. The summed E-state index contributed by atoms with van der Waals surface area (Å²) in [5.74, 6) is 6.27. The fourth-order valence-corrected chi connectivity index (χ4v) is 1.77. The van der Waals surface area contributed by atoms with E-state index in [1.807, 2.05) is 32.0 Å². The highest BCUT2D eigenvalue weighted by atomic mass is 16.5. The molecule has 0 radical (unpaired) electrons. The van der Waals surface area contributed by atoms with Gasteiger partial charge in [0, 0.05) is 23.4 Å². The van der Waals surface area contributed by atoms with Gasteiger partial charge in [0.1, 0.15) is 5.78 Å². The topological polar surface area (TPSA) is 38.3 Å². The van der Waals surface area contributed by atoms with Crippen LogP contribution in [-0.4, -0.2) is 18.9 Å². The Bertz CT molecular complexity index is 550. The van der Waals surface area contributed by atoms with E-state index in [1.54, 1.807) is 6.92 Å². The first-order valence-corrected chi connectivity index (χ1v) is 6.48. The Morgan fingerprint density at radius 1 is 1.42 bits per heavy atom. The standard InChI is InChI=1S/C16H19NO2/c1-12(18)16(2,3)8-7-13-5-4-6-15-14(13)11-19-10-9-17-15/h4-6,17H,9-11H2,1-3H3. The highest BCUT2D eigenvalue weighted by Gasteiger charge is 2.20. The van der Waals surface area contributed by atoms with Crippen molar-refractivity contribution in [2.45, 2.75) is 27.4 Å². The van der Waals surface area contributed by atoms with E-state index >= 15 is 0 Å². The Labute approximate surface area is 114 Å². The van der Waals surface area contributed by atoms with Gasteiger partial charge in [-0.3, -0.25) is 4.79 Å². The molecule has 3 heteroatoms. The van der Waals surface area contributed by atoms with Crippen LogP contribution in [0.3, 0.4) is 0 Å². The second-order valence-electron chi connectivity index (χ2n) is 5.24. The van der Waals surface area contributed by atoms with Crippen molar-refractivity contribution in [3.05, 3.63) is 29.3 Å². The minimum atomic E-state index is -0.609. The molecule has 0 unspecified atom stereocenters. The van der Waals surface area contributed by atoms with Crippen LogP contribution in [0.4, 0.5) is 5.69 Å². The van der Waals surface area contributed by atoms with Crippen molar-refractivity contribution in [3.8, 4) is 11.8 Å². The van der Waals surface area contributed by atoms with Crippen molar-refractivity contribution in [1.82, 2.24) is 0 Å². The summed E-state index contributed by atoms with van der Waals surface area (Å²) in [5, 5.41) is 3.33. The van der Waals surface area contributed by atoms with E-state index in [4.69, 9.17) is 4.74 Å². The van der Waals surface area contributed by atoms with Crippen LogP contribution in [0.2, 0.25) is 0 Å². The Balaban J connectivity index is 2.37. The van der Waals surface area contributed by atoms with E-state index in [2.05, 4.69) is 17.2 Å². The molecule has 1 aliphatic heterocycles. The minimum Gasteiger partial charge on any atom is -0.382 e. The zero-order valence-corrected chi connectivity index (χ0v) is 11.7. The molecule has 0 aromatic heterocycles. The summed E-state index contributed by atoms with van der Waals surface area (Å²) in [4.78, 5) is 11.5. The van der Waals surface area contributed by atoms with Crippen molar-refractivity contribution >= 4 is 11.5 Å². The maximum atomic E-state index is 11.5. The summed E-state index contributed by atoms with van der Waals surface area (Å²) in [6.45, 7) is 7.33. The molecule has 0 saturated carbocycles. The average Bonchev–Trinajstić information content (AvgIpc) is 2.61. The molecule has 0 bridgehead atoms. The normalized spacial score (nSPS) is 14.5. The van der Waals surface area contributed by atoms with Gasteiger partial charge in [0.2, 0.25) is 0 Å². The van der Waals surface area contributed by atoms with Gasteiger partial charge in [0.05, 0.1) is 18.6 Å². The van der Waals surface area contributed by atoms with Crippen molar-refractivity contribution in [1.29, 1.82) is 0 Å². The van der Waals surface area contributed by atoms with Crippen molar-refractivity contribution in [3.63, 3.8) is 0 Å². The molecule has 1 heterocycles. The monoisotopic (exact) mass is 257 g/mol. The lowest BCUT2D eigenvalue weighted by Gasteiger charge is -2.12. The smallest absolute Gasteiger partial charge is 0.147 e. The fraction of sp³-hybridized carbons (Fsp3) is 0.438. The molecular weight excluding hydrogens is 238 g/mol. The quantitative estimate of drug-likeness (QED) is 0.786. The molecule has 0 spiro atoms. The summed E-state index contributed by atoms with van der Waals surface area (Å²) in [6.07, 6.45) is 0. The molecule has 0 amide bonds. The fourth-order valence-electron chi connectivity index (χ4n) is 1.77. The maximum Gasteiger partial charge on any atom is 0.147 e. The number of anilines is 1. The zero-order chi connectivity index (χ0) is 13.9. The van der Waals surface area contributed by atoms with Gasteiger partial charge in [-0.05, 0) is 32.9 Å². The number of fused-ring (bicyclic) bond motifs is 1. The summed E-state index contributed by atoms with van der Waals surface area (Å²) < 4.78 is 5.54. The Morgan fingerprint density at radius 3 is 2.95 bits per heavy atom. The van der Waals surface area contributed by atoms with E-state index in [1.165, 1.54) is 0 Å². The van der Waals surface area contributed by atoms with Gasteiger partial charge >= 0.3 is 0 Å². The van der Waals surface area contributed by atoms with E-state index in [-0.39, 0.29) is 5.78 Å². The molecular formula is C16H19NO2. The molecule has 1 aliphatic rings. The number of benzene rings is 1. The van der Waals surface area contributed by atoms with E-state index in [0.29, 0.717) is 13.2 Å². The predicted octanol–water partition coefficient (Wildman–Crippen LogP) is 2.60. The second kappa shape index (κ2) is 5.46. The van der Waals surface area contributed by atoms with Gasteiger partial charge in [-0.25, -0.2) is 0 Å². The number of ether oxygens (including phenoxy) is 1. The van der Waals surface area contributed by atoms with E-state index < -0.39 is 5.41 Å². The third-order valence-corrected chi connectivity index (χ3v) is 3.37. The Hall–Kier alpha value is -1.79. The van der Waals surface area contributed by atoms with Crippen LogP contribution in [-0.2, 0) is 16.1 Å². The average molecular weight is 257 g/mol. The second-order valence-corrected chi connectivity index (χ2v) is 5.24. The maximum absolute atomic E-state index is 11.5. The summed E-state index contributed by atoms with van der Waals surface area (Å²) in [5.41, 5.74) is 2.47. The molecule has 1 N–H and O–H groups in total. The van der Waals surface area contributed by atoms with Crippen LogP contribution >= 0.6 is 0 Å². The molecule has 19 heavy (non-hydrogen) atoms. The lowest BCUT2D eigenvalue weighted by molar-refractivity contribution is -0.122. The Kier molecular flexibility index (Phi) is 3.92. The number of hydrogen-bond acceptors (Lipinski definition) is 3. The number of carbonyl (C=O) groups excluding carboxylic acids is 1. The number of Topliss-reactive ketones (excluding diaryl/α,β-unsaturated/α-hetero) is 1. The van der Waals surface area contributed by atoms with Crippen LogP contribution in [0.1, 0.15) is 31.9 Å². The number of hydrogen-bond donors (Lipinski definition) is 1. The largest absolute Gasteiger partial charge is 0.382 e. The highest BCUT2D eigenvalue weighted by molar-refractivity contribution is 5.85. The van der Waals surface area contributed by atoms with Crippen molar-refractivity contribution in [2.75, 3.05) is 18.5 Å². The molecule has 0 atom stereocenters. The van der Waals surface area contributed by atoms with E-state index in [0.717, 1.165) is 23.4 Å². The summed E-state index contributed by atoms with van der Waals surface area (Å²) >= 11 is 0. The highest BCUT2D eigenvalue weighted by Crippen LogP contribution is 2.23. The number of ketones is 1. The number of carbonyl (C=O) groups is 1. The first kappa shape index (κ1) is 13.6. The lowest BCUT2D eigenvalue weighted by atomic mass is 9.89. The third kappa shape index (κ3) is 3.15. The third-order valence-electron chi connectivity index (χ3n) is 3.37. The van der Waals surface area contributed by atoms with Crippen molar-refractivity contribution < 1.29 is 9.53 Å². The van der Waals surface area contributed by atoms with Crippen LogP contribution in [0.15, 0.2) is 18.2 Å².